The number of rotatable bonds is 3. The number of benzene rings is 5. The average Bonchev–Trinajstić information content (AvgIpc) is 3.35. The third-order valence-corrected chi connectivity index (χ3v) is 9.84. The van der Waals surface area contributed by atoms with Crippen LogP contribution in [0.2, 0.25) is 19.6 Å². The van der Waals surface area contributed by atoms with Gasteiger partial charge in [-0.25, -0.2) is 4.79 Å². The van der Waals surface area contributed by atoms with Crippen molar-refractivity contribution in [2.45, 2.75) is 64.6 Å². The standard InChI is InChI=1S/C43H41NO3Si/c1-43(2,3)47-42(46)44-27-30-21-13-14-22-31(30)36-34(25-26-48(4,5)6)38-37(32-23-15-16-24-33(32)41(38)45)39(40(36)44)35(28-17-9-7-10-18-28)29-19-11-8-12-20-29/h7-24,35,41,45H,27H2,1-6H3. The molecule has 1 N–H and O–H groups in total. The molecule has 1 aliphatic carbocycles. The van der Waals surface area contributed by atoms with Gasteiger partial charge in [-0.15, -0.1) is 5.54 Å². The lowest BCUT2D eigenvalue weighted by Crippen LogP contribution is -2.39. The molecule has 0 radical (unpaired) electrons. The molecule has 0 bridgehead atoms. The number of fused-ring (bicyclic) bond motifs is 6. The lowest BCUT2D eigenvalue weighted by atomic mass is 9.75. The second kappa shape index (κ2) is 12.0. The van der Waals surface area contributed by atoms with Crippen LogP contribution in [-0.4, -0.2) is 24.9 Å². The molecule has 5 aromatic carbocycles. The van der Waals surface area contributed by atoms with Crippen molar-refractivity contribution < 1.29 is 14.6 Å². The highest BCUT2D eigenvalue weighted by atomic mass is 28.3. The van der Waals surface area contributed by atoms with Gasteiger partial charge in [0.1, 0.15) is 19.8 Å². The van der Waals surface area contributed by atoms with Gasteiger partial charge in [-0.3, -0.25) is 4.90 Å². The van der Waals surface area contributed by atoms with E-state index < -0.39 is 25.9 Å². The van der Waals surface area contributed by atoms with Crippen LogP contribution in [0.25, 0.3) is 22.3 Å². The number of nitrogens with zero attached hydrogens (tertiary/aromatic N) is 1. The smallest absolute Gasteiger partial charge is 0.415 e. The summed E-state index contributed by atoms with van der Waals surface area (Å²) in [6.07, 6.45) is -1.28. The van der Waals surface area contributed by atoms with E-state index in [0.717, 1.165) is 66.9 Å². The summed E-state index contributed by atoms with van der Waals surface area (Å²) in [4.78, 5) is 16.3. The summed E-state index contributed by atoms with van der Waals surface area (Å²) in [5.74, 6) is 3.38. The van der Waals surface area contributed by atoms with Crippen molar-refractivity contribution in [3.63, 3.8) is 0 Å². The van der Waals surface area contributed by atoms with Crippen LogP contribution < -0.4 is 4.90 Å². The van der Waals surface area contributed by atoms with E-state index in [9.17, 15) is 9.90 Å². The Hall–Kier alpha value is -4.89. The van der Waals surface area contributed by atoms with Gasteiger partial charge in [-0.2, -0.15) is 0 Å². The minimum Gasteiger partial charge on any atom is -0.443 e. The predicted molar refractivity (Wildman–Crippen MR) is 198 cm³/mol. The topological polar surface area (TPSA) is 49.8 Å². The number of aliphatic hydroxyl groups is 1. The van der Waals surface area contributed by atoms with Crippen LogP contribution in [0, 0.1) is 11.5 Å². The molecule has 0 saturated heterocycles. The number of hydrogen-bond acceptors (Lipinski definition) is 3. The first-order chi connectivity index (χ1) is 22.9. The summed E-state index contributed by atoms with van der Waals surface area (Å²) >= 11 is 0. The third-order valence-electron chi connectivity index (χ3n) is 8.96. The molecule has 5 aromatic rings. The Morgan fingerprint density at radius 3 is 1.98 bits per heavy atom. The molecule has 1 amide bonds. The summed E-state index contributed by atoms with van der Waals surface area (Å²) in [5, 5.41) is 12.3. The van der Waals surface area contributed by atoms with E-state index in [0.29, 0.717) is 6.54 Å². The second-order valence-corrected chi connectivity index (χ2v) is 19.5. The van der Waals surface area contributed by atoms with Crippen molar-refractivity contribution in [2.24, 2.45) is 0 Å². The Kier molecular flexibility index (Phi) is 7.90. The van der Waals surface area contributed by atoms with Crippen LogP contribution in [0.15, 0.2) is 109 Å². The Labute approximate surface area is 285 Å². The normalized spacial score (nSPS) is 14.8. The quantitative estimate of drug-likeness (QED) is 0.120. The highest BCUT2D eigenvalue weighted by Crippen LogP contribution is 2.58. The predicted octanol–water partition coefficient (Wildman–Crippen LogP) is 10.1. The van der Waals surface area contributed by atoms with Gasteiger partial charge in [-0.05, 0) is 65.3 Å². The molecule has 1 aliphatic heterocycles. The van der Waals surface area contributed by atoms with Crippen LogP contribution in [0.4, 0.5) is 10.5 Å². The minimum absolute atomic E-state index is 0.262. The molecule has 5 heteroatoms. The van der Waals surface area contributed by atoms with Gasteiger partial charge in [-0.1, -0.05) is 135 Å². The van der Waals surface area contributed by atoms with Crippen molar-refractivity contribution in [2.75, 3.05) is 4.90 Å². The Balaban J connectivity index is 1.72. The zero-order valence-corrected chi connectivity index (χ0v) is 29.5. The van der Waals surface area contributed by atoms with Crippen molar-refractivity contribution in [1.29, 1.82) is 0 Å². The molecule has 1 unspecified atom stereocenters. The Morgan fingerprint density at radius 2 is 1.38 bits per heavy atom. The first-order valence-electron chi connectivity index (χ1n) is 16.7. The van der Waals surface area contributed by atoms with Gasteiger partial charge in [0.15, 0.2) is 0 Å². The summed E-state index contributed by atoms with van der Waals surface area (Å²) in [7, 11) is -1.87. The maximum atomic E-state index is 14.5. The summed E-state index contributed by atoms with van der Waals surface area (Å²) in [6, 6.07) is 37.3. The third kappa shape index (κ3) is 5.66. The van der Waals surface area contributed by atoms with Crippen molar-refractivity contribution in [3.05, 3.63) is 148 Å². The van der Waals surface area contributed by atoms with E-state index in [1.165, 1.54) is 0 Å². The van der Waals surface area contributed by atoms with Crippen LogP contribution >= 0.6 is 0 Å². The number of carbonyl (C=O) groups is 1. The number of amides is 1. The SMILES string of the molecule is CC(C)(C)OC(=O)N1Cc2ccccc2-c2c(C#C[Si](C)(C)C)c3c(c(C(c4ccccc4)c4ccccc4)c21)-c1ccccc1C3O. The van der Waals surface area contributed by atoms with Gasteiger partial charge in [0, 0.05) is 22.6 Å². The highest BCUT2D eigenvalue weighted by Gasteiger charge is 2.43. The van der Waals surface area contributed by atoms with Gasteiger partial charge >= 0.3 is 6.09 Å². The van der Waals surface area contributed by atoms with Crippen molar-refractivity contribution in [3.8, 4) is 33.7 Å². The number of hydrogen-bond donors (Lipinski definition) is 1. The van der Waals surface area contributed by atoms with Crippen LogP contribution in [-0.2, 0) is 11.3 Å². The maximum absolute atomic E-state index is 14.5. The lowest BCUT2D eigenvalue weighted by molar-refractivity contribution is 0.0577. The lowest BCUT2D eigenvalue weighted by Gasteiger charge is -2.38. The minimum atomic E-state index is -1.87. The fourth-order valence-electron chi connectivity index (χ4n) is 7.10. The van der Waals surface area contributed by atoms with Gasteiger partial charge < -0.3 is 9.84 Å². The molecule has 240 valence electrons. The van der Waals surface area contributed by atoms with Gasteiger partial charge in [0.25, 0.3) is 0 Å². The molecular weight excluding hydrogens is 607 g/mol. The largest absolute Gasteiger partial charge is 0.443 e. The average molecular weight is 648 g/mol. The first-order valence-corrected chi connectivity index (χ1v) is 20.2. The van der Waals surface area contributed by atoms with Gasteiger partial charge in [0.2, 0.25) is 0 Å². The van der Waals surface area contributed by atoms with E-state index in [4.69, 9.17) is 4.74 Å². The molecule has 48 heavy (non-hydrogen) atoms. The molecule has 1 atom stereocenters. The summed E-state index contributed by atoms with van der Waals surface area (Å²) < 4.78 is 6.17. The van der Waals surface area contributed by atoms with Crippen LogP contribution in [0.1, 0.15) is 71.7 Å². The van der Waals surface area contributed by atoms with Crippen LogP contribution in [0.5, 0.6) is 0 Å². The highest BCUT2D eigenvalue weighted by molar-refractivity contribution is 6.83. The molecule has 7 rings (SSSR count). The molecule has 2 aliphatic rings. The van der Waals surface area contributed by atoms with Gasteiger partial charge in [0.05, 0.1) is 12.2 Å². The Bertz CT molecular complexity index is 2060. The van der Waals surface area contributed by atoms with E-state index in [-0.39, 0.29) is 5.92 Å². The summed E-state index contributed by atoms with van der Waals surface area (Å²) in [6.45, 7) is 12.8. The zero-order chi connectivity index (χ0) is 33.8. The summed E-state index contributed by atoms with van der Waals surface area (Å²) in [5.41, 5.74) is 14.2. The number of ether oxygens (including phenoxy) is 1. The molecule has 4 nitrogen and oxygen atoms in total. The monoisotopic (exact) mass is 647 g/mol. The molecule has 0 fully saturated rings. The number of carbonyl (C=O) groups excluding carboxylic acids is 1. The molecule has 1 heterocycles. The first kappa shape index (κ1) is 31.7. The van der Waals surface area contributed by atoms with E-state index in [1.807, 2.05) is 68.1 Å². The number of anilines is 1. The number of aliphatic hydroxyl groups excluding tert-OH is 1. The van der Waals surface area contributed by atoms with E-state index >= 15 is 0 Å². The molecule has 0 aromatic heterocycles. The zero-order valence-electron chi connectivity index (χ0n) is 28.5. The van der Waals surface area contributed by atoms with Crippen LogP contribution in [0.3, 0.4) is 0 Å². The molecule has 0 spiro atoms. The molecular formula is C43H41NO3Si. The fourth-order valence-corrected chi connectivity index (χ4v) is 7.60. The Morgan fingerprint density at radius 1 is 0.812 bits per heavy atom. The van der Waals surface area contributed by atoms with Crippen molar-refractivity contribution >= 4 is 19.9 Å². The second-order valence-electron chi connectivity index (χ2n) is 14.8. The maximum Gasteiger partial charge on any atom is 0.415 e. The molecule has 0 saturated carbocycles. The fraction of sp³-hybridized carbons (Fsp3) is 0.233. The van der Waals surface area contributed by atoms with E-state index in [2.05, 4.69) is 97.8 Å². The van der Waals surface area contributed by atoms with Crippen molar-refractivity contribution in [1.82, 2.24) is 0 Å². The van der Waals surface area contributed by atoms with E-state index in [1.54, 1.807) is 0 Å².